The number of aliphatic hydroxyl groups is 1. The standard InChI is InChI=1S/C15H22N3O5P/c1-6-9(5-17-3-8(4-17)13(16)20)12(15(22)23-24)18-11(6)10(7(2)19)14(18)21/h6-8,10-11,19H,3-5,24H2,1-2H3,(H2,16,20)/t6-,7+,10?,11+/m0/s1. The average Bonchev–Trinajstić information content (AvgIpc) is 2.70. The summed E-state index contributed by atoms with van der Waals surface area (Å²) in [7, 11) is 1.91. The molecule has 0 radical (unpaired) electrons. The Kier molecular flexibility index (Phi) is 4.40. The van der Waals surface area contributed by atoms with Crippen LogP contribution in [-0.2, 0) is 18.9 Å². The van der Waals surface area contributed by atoms with Crippen LogP contribution < -0.4 is 5.73 Å². The molecule has 0 aromatic heterocycles. The topological polar surface area (TPSA) is 113 Å². The van der Waals surface area contributed by atoms with E-state index < -0.39 is 18.0 Å². The summed E-state index contributed by atoms with van der Waals surface area (Å²) in [5.41, 5.74) is 6.36. The molecule has 5 atom stereocenters. The number of likely N-dealkylation sites (tertiary alicyclic amines) is 1. The first-order valence-electron chi connectivity index (χ1n) is 7.94. The summed E-state index contributed by atoms with van der Waals surface area (Å²) in [5, 5.41) is 9.86. The number of hydrogen-bond donors (Lipinski definition) is 2. The smallest absolute Gasteiger partial charge is 0.357 e. The van der Waals surface area contributed by atoms with Gasteiger partial charge in [-0.2, -0.15) is 0 Å². The lowest BCUT2D eigenvalue weighted by Gasteiger charge is -2.46. The fraction of sp³-hybridized carbons (Fsp3) is 0.667. The minimum absolute atomic E-state index is 0.0611. The normalized spacial score (nSPS) is 31.4. The average molecular weight is 355 g/mol. The third-order valence-electron chi connectivity index (χ3n) is 5.37. The van der Waals surface area contributed by atoms with Crippen molar-refractivity contribution in [1.29, 1.82) is 0 Å². The molecule has 2 saturated heterocycles. The molecule has 3 N–H and O–H groups in total. The molecule has 0 aromatic carbocycles. The maximum Gasteiger partial charge on any atom is 0.357 e. The Morgan fingerprint density at radius 1 is 1.46 bits per heavy atom. The van der Waals surface area contributed by atoms with Gasteiger partial charge in [0.1, 0.15) is 5.70 Å². The highest BCUT2D eigenvalue weighted by molar-refractivity contribution is 7.10. The number of fused-ring (bicyclic) bond motifs is 1. The molecular weight excluding hydrogens is 333 g/mol. The molecule has 3 rings (SSSR count). The summed E-state index contributed by atoms with van der Waals surface area (Å²) in [5.74, 6) is -1.87. The van der Waals surface area contributed by atoms with Gasteiger partial charge in [0.05, 0.1) is 33.4 Å². The van der Waals surface area contributed by atoms with Gasteiger partial charge in [0.15, 0.2) is 0 Å². The Morgan fingerprint density at radius 3 is 2.58 bits per heavy atom. The van der Waals surface area contributed by atoms with Crippen molar-refractivity contribution in [2.24, 2.45) is 23.5 Å². The predicted molar refractivity (Wildman–Crippen MR) is 86.9 cm³/mol. The molecule has 0 saturated carbocycles. The first-order valence-corrected chi connectivity index (χ1v) is 8.42. The van der Waals surface area contributed by atoms with Gasteiger partial charge < -0.3 is 20.3 Å². The fourth-order valence-corrected chi connectivity index (χ4v) is 4.13. The second-order valence-electron chi connectivity index (χ2n) is 6.83. The number of primary amides is 1. The van der Waals surface area contributed by atoms with Crippen molar-refractivity contribution in [3.8, 4) is 0 Å². The Morgan fingerprint density at radius 2 is 2.08 bits per heavy atom. The van der Waals surface area contributed by atoms with Crippen LogP contribution in [0.25, 0.3) is 0 Å². The van der Waals surface area contributed by atoms with E-state index in [0.29, 0.717) is 19.6 Å². The molecule has 0 aromatic rings. The summed E-state index contributed by atoms with van der Waals surface area (Å²) in [6.45, 7) is 5.11. The van der Waals surface area contributed by atoms with Gasteiger partial charge in [0.25, 0.3) is 0 Å². The van der Waals surface area contributed by atoms with Gasteiger partial charge in [-0.05, 0) is 12.5 Å². The lowest BCUT2D eigenvalue weighted by Crippen LogP contribution is -2.63. The molecule has 24 heavy (non-hydrogen) atoms. The monoisotopic (exact) mass is 355 g/mol. The van der Waals surface area contributed by atoms with Gasteiger partial charge >= 0.3 is 5.97 Å². The van der Waals surface area contributed by atoms with Crippen molar-refractivity contribution in [1.82, 2.24) is 9.80 Å². The number of nitrogens with two attached hydrogens (primary N) is 1. The van der Waals surface area contributed by atoms with E-state index in [9.17, 15) is 19.5 Å². The summed E-state index contributed by atoms with van der Waals surface area (Å²) in [6, 6.07) is -0.222. The van der Waals surface area contributed by atoms with E-state index in [0.717, 1.165) is 5.57 Å². The summed E-state index contributed by atoms with van der Waals surface area (Å²) in [4.78, 5) is 39.2. The van der Waals surface area contributed by atoms with E-state index in [2.05, 4.69) is 0 Å². The highest BCUT2D eigenvalue weighted by Crippen LogP contribution is 2.47. The van der Waals surface area contributed by atoms with Crippen molar-refractivity contribution in [3.63, 3.8) is 0 Å². The van der Waals surface area contributed by atoms with Crippen LogP contribution in [0.1, 0.15) is 13.8 Å². The molecule has 3 heterocycles. The third kappa shape index (κ3) is 2.44. The molecule has 0 bridgehead atoms. The molecule has 0 spiro atoms. The molecule has 2 amide bonds. The molecule has 3 aliphatic rings. The zero-order valence-corrected chi connectivity index (χ0v) is 14.8. The Hall–Kier alpha value is -1.50. The van der Waals surface area contributed by atoms with E-state index in [1.165, 1.54) is 4.90 Å². The van der Waals surface area contributed by atoms with E-state index >= 15 is 0 Å². The van der Waals surface area contributed by atoms with Crippen molar-refractivity contribution < 1.29 is 24.0 Å². The van der Waals surface area contributed by atoms with Crippen LogP contribution in [0.3, 0.4) is 0 Å². The number of carbonyl (C=O) groups excluding carboxylic acids is 3. The zero-order valence-electron chi connectivity index (χ0n) is 13.6. The Bertz CT molecular complexity index is 629. The maximum absolute atomic E-state index is 12.4. The number of carbonyl (C=O) groups is 3. The van der Waals surface area contributed by atoms with Gasteiger partial charge in [-0.1, -0.05) is 6.92 Å². The van der Waals surface area contributed by atoms with Crippen LogP contribution in [0.15, 0.2) is 11.3 Å². The van der Waals surface area contributed by atoms with E-state index in [1.54, 1.807) is 6.92 Å². The zero-order chi connectivity index (χ0) is 17.8. The Balaban J connectivity index is 1.82. The molecule has 9 heteroatoms. The van der Waals surface area contributed by atoms with Crippen LogP contribution in [0, 0.1) is 17.8 Å². The minimum atomic E-state index is -0.767. The number of hydrogen-bond acceptors (Lipinski definition) is 6. The molecule has 0 aliphatic carbocycles. The molecule has 2 unspecified atom stereocenters. The third-order valence-corrected chi connectivity index (χ3v) is 5.58. The second kappa shape index (κ2) is 6.10. The number of β-lactam (4-membered cyclic amide) rings is 1. The summed E-state index contributed by atoms with van der Waals surface area (Å²) < 4.78 is 4.77. The maximum atomic E-state index is 12.4. The lowest BCUT2D eigenvalue weighted by molar-refractivity contribution is -0.162. The van der Waals surface area contributed by atoms with Crippen LogP contribution in [0.5, 0.6) is 0 Å². The molecule has 2 fully saturated rings. The van der Waals surface area contributed by atoms with Gasteiger partial charge in [-0.15, -0.1) is 0 Å². The van der Waals surface area contributed by atoms with E-state index in [4.69, 9.17) is 10.3 Å². The molecule has 132 valence electrons. The van der Waals surface area contributed by atoms with Crippen molar-refractivity contribution >= 4 is 27.3 Å². The highest BCUT2D eigenvalue weighted by Gasteiger charge is 2.60. The number of aliphatic hydroxyl groups excluding tert-OH is 1. The number of amides is 2. The van der Waals surface area contributed by atoms with Gasteiger partial charge in [0, 0.05) is 25.6 Å². The highest BCUT2D eigenvalue weighted by atomic mass is 31.0. The van der Waals surface area contributed by atoms with Crippen molar-refractivity contribution in [2.75, 3.05) is 19.6 Å². The fourth-order valence-electron chi connectivity index (χ4n) is 4.02. The van der Waals surface area contributed by atoms with Gasteiger partial charge in [0.2, 0.25) is 11.8 Å². The van der Waals surface area contributed by atoms with Crippen LogP contribution in [0.2, 0.25) is 0 Å². The molecule has 8 nitrogen and oxygen atoms in total. The summed E-state index contributed by atoms with van der Waals surface area (Å²) >= 11 is 0. The first-order chi connectivity index (χ1) is 11.3. The lowest BCUT2D eigenvalue weighted by atomic mass is 9.77. The van der Waals surface area contributed by atoms with E-state index in [1.807, 2.05) is 21.3 Å². The first kappa shape index (κ1) is 17.3. The second-order valence-corrected chi connectivity index (χ2v) is 7.06. The minimum Gasteiger partial charge on any atom is -0.447 e. The van der Waals surface area contributed by atoms with Crippen LogP contribution in [-0.4, -0.2) is 64.5 Å². The molecular formula is C15H22N3O5P. The Labute approximate surface area is 142 Å². The summed E-state index contributed by atoms with van der Waals surface area (Å²) in [6.07, 6.45) is -0.767. The number of nitrogens with zero attached hydrogens (tertiary/aromatic N) is 2. The van der Waals surface area contributed by atoms with Crippen LogP contribution >= 0.6 is 9.47 Å². The van der Waals surface area contributed by atoms with Crippen molar-refractivity contribution in [3.05, 3.63) is 11.3 Å². The largest absolute Gasteiger partial charge is 0.447 e. The van der Waals surface area contributed by atoms with Crippen LogP contribution in [0.4, 0.5) is 0 Å². The SMILES string of the molecule is C[C@@H](O)C1C(=O)N2C(C(=O)OP)=C(CN3CC(C(N)=O)C3)[C@H](C)[C@H]12. The van der Waals surface area contributed by atoms with Gasteiger partial charge in [-0.3, -0.25) is 14.5 Å². The predicted octanol–water partition coefficient (Wildman–Crippen LogP) is -1.15. The van der Waals surface area contributed by atoms with E-state index in [-0.39, 0.29) is 35.4 Å². The number of rotatable bonds is 5. The van der Waals surface area contributed by atoms with Gasteiger partial charge in [-0.25, -0.2) is 4.79 Å². The quantitative estimate of drug-likeness (QED) is 0.476. The van der Waals surface area contributed by atoms with Crippen molar-refractivity contribution in [2.45, 2.75) is 26.0 Å². The molecule has 3 aliphatic heterocycles.